The van der Waals surface area contributed by atoms with Crippen molar-refractivity contribution in [1.29, 1.82) is 0 Å². The maximum Gasteiger partial charge on any atom is 0.168 e. The van der Waals surface area contributed by atoms with Gasteiger partial charge < -0.3 is 20.3 Å². The highest BCUT2D eigenvalue weighted by molar-refractivity contribution is 5.65. The van der Waals surface area contributed by atoms with Gasteiger partial charge in [0.25, 0.3) is 0 Å². The molecule has 0 saturated carbocycles. The van der Waals surface area contributed by atoms with Crippen LogP contribution in [-0.4, -0.2) is 24.9 Å². The van der Waals surface area contributed by atoms with Gasteiger partial charge in [0, 0.05) is 18.2 Å². The average Bonchev–Trinajstić information content (AvgIpc) is 2.25. The SMILES string of the molecule is NC/C=C/c1cc(O)cc2c1OCCO2. The van der Waals surface area contributed by atoms with Crippen molar-refractivity contribution in [3.05, 3.63) is 23.8 Å². The van der Waals surface area contributed by atoms with Crippen LogP contribution in [0.4, 0.5) is 0 Å². The zero-order chi connectivity index (χ0) is 10.7. The van der Waals surface area contributed by atoms with Crippen LogP contribution < -0.4 is 15.2 Å². The lowest BCUT2D eigenvalue weighted by atomic mass is 10.1. The van der Waals surface area contributed by atoms with Crippen molar-refractivity contribution in [1.82, 2.24) is 0 Å². The van der Waals surface area contributed by atoms with Gasteiger partial charge in [-0.3, -0.25) is 0 Å². The van der Waals surface area contributed by atoms with E-state index in [0.717, 1.165) is 5.56 Å². The molecule has 4 nitrogen and oxygen atoms in total. The summed E-state index contributed by atoms with van der Waals surface area (Å²) >= 11 is 0. The fraction of sp³-hybridized carbons (Fsp3) is 0.273. The van der Waals surface area contributed by atoms with Crippen LogP contribution in [0.2, 0.25) is 0 Å². The third kappa shape index (κ3) is 2.05. The highest BCUT2D eigenvalue weighted by atomic mass is 16.6. The maximum atomic E-state index is 9.47. The summed E-state index contributed by atoms with van der Waals surface area (Å²) in [6.45, 7) is 1.49. The van der Waals surface area contributed by atoms with E-state index < -0.39 is 0 Å². The van der Waals surface area contributed by atoms with Crippen LogP contribution in [0.15, 0.2) is 18.2 Å². The van der Waals surface area contributed by atoms with E-state index in [9.17, 15) is 5.11 Å². The lowest BCUT2D eigenvalue weighted by Gasteiger charge is -2.20. The molecule has 0 aromatic heterocycles. The zero-order valence-corrected chi connectivity index (χ0v) is 8.27. The van der Waals surface area contributed by atoms with Crippen molar-refractivity contribution in [2.75, 3.05) is 19.8 Å². The van der Waals surface area contributed by atoms with Gasteiger partial charge in [-0.15, -0.1) is 0 Å². The summed E-state index contributed by atoms with van der Waals surface area (Å²) < 4.78 is 10.9. The molecular weight excluding hydrogens is 194 g/mol. The molecule has 0 atom stereocenters. The molecule has 3 N–H and O–H groups in total. The number of benzene rings is 1. The van der Waals surface area contributed by atoms with Crippen molar-refractivity contribution in [3.63, 3.8) is 0 Å². The summed E-state index contributed by atoms with van der Waals surface area (Å²) in [5.41, 5.74) is 6.16. The van der Waals surface area contributed by atoms with Crippen molar-refractivity contribution in [3.8, 4) is 17.2 Å². The first-order chi connectivity index (χ1) is 7.31. The molecule has 80 valence electrons. The Kier molecular flexibility index (Phi) is 2.78. The molecular formula is C11H13NO3. The molecule has 0 radical (unpaired) electrons. The maximum absolute atomic E-state index is 9.47. The third-order valence-corrected chi connectivity index (χ3v) is 2.09. The molecule has 0 amide bonds. The molecule has 1 aliphatic heterocycles. The normalized spacial score (nSPS) is 14.5. The molecule has 1 heterocycles. The van der Waals surface area contributed by atoms with Crippen LogP contribution >= 0.6 is 0 Å². The number of ether oxygens (including phenoxy) is 2. The summed E-state index contributed by atoms with van der Waals surface area (Å²) in [6.07, 6.45) is 3.61. The van der Waals surface area contributed by atoms with Gasteiger partial charge in [-0.25, -0.2) is 0 Å². The van der Waals surface area contributed by atoms with Crippen LogP contribution in [0.25, 0.3) is 6.08 Å². The van der Waals surface area contributed by atoms with Gasteiger partial charge in [0.05, 0.1) is 0 Å². The van der Waals surface area contributed by atoms with Crippen LogP contribution in [0.1, 0.15) is 5.56 Å². The van der Waals surface area contributed by atoms with Crippen LogP contribution in [-0.2, 0) is 0 Å². The van der Waals surface area contributed by atoms with E-state index in [1.807, 2.05) is 6.08 Å². The average molecular weight is 207 g/mol. The molecule has 1 aliphatic rings. The molecule has 0 aliphatic carbocycles. The largest absolute Gasteiger partial charge is 0.508 e. The lowest BCUT2D eigenvalue weighted by Crippen LogP contribution is -2.16. The summed E-state index contributed by atoms with van der Waals surface area (Å²) in [7, 11) is 0. The van der Waals surface area contributed by atoms with Gasteiger partial charge in [-0.05, 0) is 6.07 Å². The number of fused-ring (bicyclic) bond motifs is 1. The van der Waals surface area contributed by atoms with Crippen molar-refractivity contribution >= 4 is 6.08 Å². The fourth-order valence-electron chi connectivity index (χ4n) is 1.48. The van der Waals surface area contributed by atoms with Gasteiger partial charge in [0.2, 0.25) is 0 Å². The minimum atomic E-state index is 0.163. The first-order valence-corrected chi connectivity index (χ1v) is 4.80. The van der Waals surface area contributed by atoms with E-state index in [0.29, 0.717) is 31.3 Å². The highest BCUT2D eigenvalue weighted by Gasteiger charge is 2.15. The summed E-state index contributed by atoms with van der Waals surface area (Å²) in [5, 5.41) is 9.47. The minimum absolute atomic E-state index is 0.163. The molecule has 1 aromatic rings. The first kappa shape index (κ1) is 9.86. The number of hydrogen-bond acceptors (Lipinski definition) is 4. The molecule has 15 heavy (non-hydrogen) atoms. The number of nitrogens with two attached hydrogens (primary N) is 1. The van der Waals surface area contributed by atoms with Gasteiger partial charge in [0.1, 0.15) is 19.0 Å². The Hall–Kier alpha value is -1.68. The van der Waals surface area contributed by atoms with Crippen molar-refractivity contribution < 1.29 is 14.6 Å². The van der Waals surface area contributed by atoms with E-state index in [2.05, 4.69) is 0 Å². The Morgan fingerprint density at radius 3 is 2.93 bits per heavy atom. The third-order valence-electron chi connectivity index (χ3n) is 2.09. The van der Waals surface area contributed by atoms with Gasteiger partial charge in [-0.2, -0.15) is 0 Å². The molecule has 0 unspecified atom stereocenters. The summed E-state index contributed by atoms with van der Waals surface area (Å²) in [6, 6.07) is 3.17. The molecule has 0 bridgehead atoms. The summed E-state index contributed by atoms with van der Waals surface area (Å²) in [5.74, 6) is 1.41. The first-order valence-electron chi connectivity index (χ1n) is 4.80. The van der Waals surface area contributed by atoms with Crippen molar-refractivity contribution in [2.24, 2.45) is 5.73 Å². The Balaban J connectivity index is 2.43. The van der Waals surface area contributed by atoms with E-state index in [-0.39, 0.29) is 5.75 Å². The van der Waals surface area contributed by atoms with E-state index in [1.165, 1.54) is 0 Å². The second-order valence-electron chi connectivity index (χ2n) is 3.20. The second kappa shape index (κ2) is 4.23. The predicted octanol–water partition coefficient (Wildman–Crippen LogP) is 1.14. The molecule has 0 fully saturated rings. The van der Waals surface area contributed by atoms with E-state index >= 15 is 0 Å². The number of rotatable bonds is 2. The number of aromatic hydroxyl groups is 1. The number of phenolic OH excluding ortho intramolecular Hbond substituents is 1. The Labute approximate surface area is 87.9 Å². The molecule has 2 rings (SSSR count). The predicted molar refractivity (Wildman–Crippen MR) is 57.2 cm³/mol. The molecule has 1 aromatic carbocycles. The van der Waals surface area contributed by atoms with Crippen molar-refractivity contribution in [2.45, 2.75) is 0 Å². The minimum Gasteiger partial charge on any atom is -0.508 e. The monoisotopic (exact) mass is 207 g/mol. The van der Waals surface area contributed by atoms with Gasteiger partial charge >= 0.3 is 0 Å². The van der Waals surface area contributed by atoms with E-state index in [1.54, 1.807) is 18.2 Å². The Bertz CT molecular complexity index is 388. The van der Waals surface area contributed by atoms with Crippen LogP contribution in [0.3, 0.4) is 0 Å². The second-order valence-corrected chi connectivity index (χ2v) is 3.20. The smallest absolute Gasteiger partial charge is 0.168 e. The molecule has 0 spiro atoms. The highest BCUT2D eigenvalue weighted by Crippen LogP contribution is 2.37. The Morgan fingerprint density at radius 1 is 1.33 bits per heavy atom. The fourth-order valence-corrected chi connectivity index (χ4v) is 1.48. The van der Waals surface area contributed by atoms with E-state index in [4.69, 9.17) is 15.2 Å². The van der Waals surface area contributed by atoms with Crippen LogP contribution in [0, 0.1) is 0 Å². The summed E-state index contributed by atoms with van der Waals surface area (Å²) in [4.78, 5) is 0. The molecule has 4 heteroatoms. The standard InChI is InChI=1S/C11H13NO3/c12-3-1-2-8-6-9(13)7-10-11(8)15-5-4-14-10/h1-2,6-7,13H,3-5,12H2/b2-1+. The van der Waals surface area contributed by atoms with Crippen LogP contribution in [0.5, 0.6) is 17.2 Å². The zero-order valence-electron chi connectivity index (χ0n) is 8.27. The number of hydrogen-bond donors (Lipinski definition) is 2. The Morgan fingerprint density at radius 2 is 2.13 bits per heavy atom. The quantitative estimate of drug-likeness (QED) is 0.763. The van der Waals surface area contributed by atoms with Gasteiger partial charge in [-0.1, -0.05) is 12.2 Å². The number of phenols is 1. The van der Waals surface area contributed by atoms with Gasteiger partial charge in [0.15, 0.2) is 11.5 Å². The topological polar surface area (TPSA) is 64.7 Å². The lowest BCUT2D eigenvalue weighted by molar-refractivity contribution is 0.170. The molecule has 0 saturated heterocycles.